The Morgan fingerprint density at radius 3 is 2.70 bits per heavy atom. The van der Waals surface area contributed by atoms with Crippen molar-refractivity contribution in [2.75, 3.05) is 11.4 Å². The van der Waals surface area contributed by atoms with Crippen LogP contribution in [0.1, 0.15) is 30.9 Å². The van der Waals surface area contributed by atoms with E-state index in [-0.39, 0.29) is 11.9 Å². The van der Waals surface area contributed by atoms with Crippen LogP contribution in [0.25, 0.3) is 0 Å². The summed E-state index contributed by atoms with van der Waals surface area (Å²) in [5.74, 6) is -1.88. The lowest BCUT2D eigenvalue weighted by Crippen LogP contribution is -2.64. The van der Waals surface area contributed by atoms with E-state index in [0.717, 1.165) is 12.0 Å². The van der Waals surface area contributed by atoms with Crippen molar-refractivity contribution in [2.24, 2.45) is 0 Å². The first-order valence-corrected chi connectivity index (χ1v) is 10.7. The number of hydrogen-bond donors (Lipinski definition) is 1. The Hall–Kier alpha value is -2.09. The third kappa shape index (κ3) is 1.75. The third-order valence-corrected chi connectivity index (χ3v) is 8.90. The van der Waals surface area contributed by atoms with Gasteiger partial charge in [-0.25, -0.2) is 0 Å². The number of hydrogen-bond acceptors (Lipinski definition) is 4. The molecule has 3 saturated heterocycles. The summed E-state index contributed by atoms with van der Waals surface area (Å²) in [6, 6.07) is 6.57. The van der Waals surface area contributed by atoms with Crippen LogP contribution in [0.15, 0.2) is 36.4 Å². The molecule has 5 heterocycles. The predicted octanol–water partition coefficient (Wildman–Crippen LogP) is 2.22. The van der Waals surface area contributed by atoms with E-state index in [0.29, 0.717) is 25.1 Å². The number of carbonyl (C=O) groups excluding carboxylic acids is 2. The minimum Gasteiger partial charge on any atom is -0.480 e. The lowest BCUT2D eigenvalue weighted by atomic mass is 9.71. The summed E-state index contributed by atoms with van der Waals surface area (Å²) in [4.78, 5) is 37.8. The molecule has 0 radical (unpaired) electrons. The number of fused-ring (bicyclic) bond motifs is 4. The number of anilines is 1. The molecule has 7 nitrogen and oxygen atoms in total. The van der Waals surface area contributed by atoms with Crippen molar-refractivity contribution >= 4 is 46.7 Å². The number of nitrogens with zero attached hydrogens (tertiary/aromatic N) is 2. The number of carboxylic acid groups (broad SMARTS) is 1. The number of para-hydroxylation sites is 1. The number of carbonyl (C=O) groups is 3. The van der Waals surface area contributed by atoms with Crippen LogP contribution in [0.4, 0.5) is 5.69 Å². The van der Waals surface area contributed by atoms with E-state index in [4.69, 9.17) is 27.9 Å². The molecular formula is C21H18Cl2N2O5. The van der Waals surface area contributed by atoms with Crippen LogP contribution in [0.3, 0.4) is 0 Å². The summed E-state index contributed by atoms with van der Waals surface area (Å²) in [5.41, 5.74) is 0.0884. The summed E-state index contributed by atoms with van der Waals surface area (Å²) in [7, 11) is 0. The molecule has 1 N–H and O–H groups in total. The first-order valence-electron chi connectivity index (χ1n) is 9.98. The van der Waals surface area contributed by atoms with Crippen molar-refractivity contribution < 1.29 is 24.2 Å². The summed E-state index contributed by atoms with van der Waals surface area (Å²) in [5, 5.41) is 9.96. The molecule has 0 saturated carbocycles. The van der Waals surface area contributed by atoms with E-state index in [2.05, 4.69) is 0 Å². The van der Waals surface area contributed by atoms with Gasteiger partial charge in [0.2, 0.25) is 10.8 Å². The van der Waals surface area contributed by atoms with Crippen molar-refractivity contribution in [3.05, 3.63) is 42.0 Å². The molecule has 1 aromatic carbocycles. The van der Waals surface area contributed by atoms with Gasteiger partial charge in [0.05, 0.1) is 12.1 Å². The zero-order valence-electron chi connectivity index (χ0n) is 15.8. The fraction of sp³-hybridized carbons (Fsp3) is 0.476. The van der Waals surface area contributed by atoms with Crippen molar-refractivity contribution in [3.63, 3.8) is 0 Å². The van der Waals surface area contributed by atoms with Gasteiger partial charge < -0.3 is 19.6 Å². The van der Waals surface area contributed by atoms with Gasteiger partial charge in [-0.05, 0) is 30.5 Å². The molecule has 9 heteroatoms. The molecule has 0 aromatic heterocycles. The molecule has 1 spiro atoms. The van der Waals surface area contributed by atoms with E-state index >= 15 is 0 Å². The van der Waals surface area contributed by atoms with Crippen molar-refractivity contribution in [3.8, 4) is 0 Å². The van der Waals surface area contributed by atoms with Gasteiger partial charge in [0.25, 0.3) is 5.91 Å². The molecule has 2 bridgehead atoms. The quantitative estimate of drug-likeness (QED) is 0.553. The molecule has 2 amide bonds. The minimum atomic E-state index is -2.12. The van der Waals surface area contributed by atoms with Crippen LogP contribution in [-0.4, -0.2) is 61.8 Å². The predicted molar refractivity (Wildman–Crippen MR) is 108 cm³/mol. The molecule has 0 unspecified atom stereocenters. The maximum absolute atomic E-state index is 13.8. The molecule has 5 aliphatic rings. The summed E-state index contributed by atoms with van der Waals surface area (Å²) in [6.07, 6.45) is 3.97. The minimum absolute atomic E-state index is 0.0756. The Labute approximate surface area is 182 Å². The first kappa shape index (κ1) is 18.7. The van der Waals surface area contributed by atoms with E-state index in [1.807, 2.05) is 23.1 Å². The van der Waals surface area contributed by atoms with Crippen LogP contribution < -0.4 is 4.90 Å². The zero-order valence-corrected chi connectivity index (χ0v) is 17.3. The number of ether oxygens (including phenoxy) is 1. The molecule has 156 valence electrons. The second-order valence-corrected chi connectivity index (χ2v) is 9.72. The highest BCUT2D eigenvalue weighted by atomic mass is 35.5. The number of likely N-dealkylation sites (tertiary alicyclic amines) is 1. The van der Waals surface area contributed by atoms with Gasteiger partial charge in [0, 0.05) is 18.7 Å². The average Bonchev–Trinajstić information content (AvgIpc) is 3.45. The van der Waals surface area contributed by atoms with Gasteiger partial charge >= 0.3 is 5.97 Å². The number of halogens is 2. The summed E-state index contributed by atoms with van der Waals surface area (Å²) < 4.78 is 6.13. The lowest BCUT2D eigenvalue weighted by Gasteiger charge is -2.44. The van der Waals surface area contributed by atoms with Gasteiger partial charge in [0.15, 0.2) is 4.87 Å². The molecule has 0 aliphatic carbocycles. The number of amides is 2. The van der Waals surface area contributed by atoms with Gasteiger partial charge in [0.1, 0.15) is 11.7 Å². The SMILES string of the molecule is O=C1CCCN1[C@H]1C[C@@H]2N(C(=O)[C@@]3(Cl)[C@@]24C=C[C@@H](O4)[C@@]3(Cl)C(=O)O)c2ccccc21. The van der Waals surface area contributed by atoms with Crippen molar-refractivity contribution in [1.82, 2.24) is 4.90 Å². The number of rotatable bonds is 2. The smallest absolute Gasteiger partial charge is 0.330 e. The fourth-order valence-corrected chi connectivity index (χ4v) is 6.96. The molecule has 3 fully saturated rings. The Morgan fingerprint density at radius 1 is 1.23 bits per heavy atom. The molecule has 6 atom stereocenters. The molecule has 5 aliphatic heterocycles. The van der Waals surface area contributed by atoms with E-state index in [1.54, 1.807) is 23.1 Å². The Bertz CT molecular complexity index is 1060. The van der Waals surface area contributed by atoms with E-state index in [9.17, 15) is 19.5 Å². The number of aliphatic carboxylic acids is 1. The topological polar surface area (TPSA) is 87.2 Å². The largest absolute Gasteiger partial charge is 0.480 e. The molecule has 6 rings (SSSR count). The first-order chi connectivity index (χ1) is 14.3. The van der Waals surface area contributed by atoms with Crippen LogP contribution >= 0.6 is 23.2 Å². The monoisotopic (exact) mass is 448 g/mol. The Balaban J connectivity index is 1.56. The molecule has 30 heavy (non-hydrogen) atoms. The molecule has 1 aromatic rings. The number of benzene rings is 1. The Kier molecular flexibility index (Phi) is 3.47. The summed E-state index contributed by atoms with van der Waals surface area (Å²) in [6.45, 7) is 0.644. The van der Waals surface area contributed by atoms with Crippen LogP contribution in [0.2, 0.25) is 0 Å². The molecular weight excluding hydrogens is 431 g/mol. The summed E-state index contributed by atoms with van der Waals surface area (Å²) >= 11 is 13.5. The van der Waals surface area contributed by atoms with Crippen LogP contribution in [-0.2, 0) is 19.1 Å². The van der Waals surface area contributed by atoms with Crippen molar-refractivity contribution in [1.29, 1.82) is 0 Å². The van der Waals surface area contributed by atoms with Crippen molar-refractivity contribution in [2.45, 2.75) is 52.8 Å². The highest BCUT2D eigenvalue weighted by Crippen LogP contribution is 2.67. The maximum atomic E-state index is 13.8. The van der Waals surface area contributed by atoms with Crippen LogP contribution in [0.5, 0.6) is 0 Å². The second kappa shape index (κ2) is 5.58. The Morgan fingerprint density at radius 2 is 2.00 bits per heavy atom. The van der Waals surface area contributed by atoms with E-state index < -0.39 is 39.4 Å². The standard InChI is InChI=1S/C21H18Cl2N2O5/c22-20(18(28)29)15-7-8-19(30-15)14-10-13(24-9-3-6-16(24)26)11-4-1-2-5-12(11)25(14)17(27)21(19,20)23/h1-2,4-5,7-8,13-15H,3,6,9-10H2,(H,28,29)/t13-,14-,15+,19+,20+,21+/m0/s1. The average molecular weight is 449 g/mol. The van der Waals surface area contributed by atoms with Gasteiger partial charge in [-0.15, -0.1) is 23.2 Å². The normalized spacial score (nSPS) is 43.2. The maximum Gasteiger partial charge on any atom is 0.330 e. The highest BCUT2D eigenvalue weighted by Gasteiger charge is 2.87. The number of alkyl halides is 2. The van der Waals surface area contributed by atoms with Gasteiger partial charge in [-0.1, -0.05) is 24.3 Å². The lowest BCUT2D eigenvalue weighted by molar-refractivity contribution is -0.143. The third-order valence-electron chi connectivity index (χ3n) is 7.39. The number of carboxylic acids is 1. The van der Waals surface area contributed by atoms with Gasteiger partial charge in [-0.3, -0.25) is 14.4 Å². The van der Waals surface area contributed by atoms with E-state index in [1.165, 1.54) is 0 Å². The highest BCUT2D eigenvalue weighted by molar-refractivity contribution is 6.52. The fourth-order valence-electron chi connectivity index (χ4n) is 6.10. The zero-order chi connectivity index (χ0) is 21.1. The van der Waals surface area contributed by atoms with Crippen LogP contribution in [0, 0.1) is 0 Å². The van der Waals surface area contributed by atoms with Gasteiger partial charge in [-0.2, -0.15) is 0 Å². The second-order valence-electron chi connectivity index (χ2n) is 8.56.